The van der Waals surface area contributed by atoms with Crippen LogP contribution in [0.4, 0.5) is 0 Å². The Morgan fingerprint density at radius 3 is 2.11 bits per heavy atom. The first-order chi connectivity index (χ1) is 12.7. The summed E-state index contributed by atoms with van der Waals surface area (Å²) in [5.74, 6) is -0.483. The maximum absolute atomic E-state index is 11.6. The smallest absolute Gasteiger partial charge is 0.217 e. The van der Waals surface area contributed by atoms with Crippen LogP contribution in [-0.2, 0) is 23.7 Å². The van der Waals surface area contributed by atoms with Crippen molar-refractivity contribution in [2.45, 2.75) is 68.3 Å². The van der Waals surface area contributed by atoms with Gasteiger partial charge in [-0.3, -0.25) is 4.79 Å². The number of carbonyl (C=O) groups excluding carboxylic acids is 1. The molecule has 2 saturated heterocycles. The van der Waals surface area contributed by atoms with Gasteiger partial charge in [0, 0.05) is 14.0 Å². The van der Waals surface area contributed by atoms with Crippen LogP contribution in [0.25, 0.3) is 0 Å². The first-order valence-corrected chi connectivity index (χ1v) is 8.45. The highest BCUT2D eigenvalue weighted by atomic mass is 16.7. The van der Waals surface area contributed by atoms with E-state index in [0.29, 0.717) is 0 Å². The molecule has 0 spiro atoms. The van der Waals surface area contributed by atoms with E-state index in [0.717, 1.165) is 0 Å². The van der Waals surface area contributed by atoms with E-state index < -0.39 is 80.5 Å². The fraction of sp³-hybridized carbons (Fsp3) is 0.933. The van der Waals surface area contributed by atoms with Gasteiger partial charge in [0.1, 0.15) is 48.8 Å². The standard InChI is InChI=1S/C15H27NO11/c1-5(19)16-8-13(24-2)9(20)6(3-17)26-15(8)27-12-7(4-18)25-14(23)11(22)10(12)21/h6-15,17-18,20-23H,3-4H2,1-2H3,(H,16,19)/t6-,7-,8-,9+,10-,11-,12+,13-,14-,15+/m1/s1. The summed E-state index contributed by atoms with van der Waals surface area (Å²) >= 11 is 0. The van der Waals surface area contributed by atoms with Gasteiger partial charge in [0.25, 0.3) is 0 Å². The molecular formula is C15H27NO11. The molecule has 2 aliphatic rings. The van der Waals surface area contributed by atoms with Gasteiger partial charge in [-0.1, -0.05) is 0 Å². The van der Waals surface area contributed by atoms with Gasteiger partial charge in [-0.25, -0.2) is 0 Å². The molecule has 0 aromatic carbocycles. The topological polar surface area (TPSA) is 187 Å². The molecule has 2 heterocycles. The molecule has 27 heavy (non-hydrogen) atoms. The lowest BCUT2D eigenvalue weighted by Crippen LogP contribution is -2.67. The predicted octanol–water partition coefficient (Wildman–Crippen LogP) is -4.60. The highest BCUT2D eigenvalue weighted by Crippen LogP contribution is 2.29. The SMILES string of the molecule is CO[C@H]1[C@@H](O)[C@@H](CO)O[C@@H](O[C@@H]2[C@H](O)[C@@H](O)[C@H](O)O[C@@H]2CO)[C@@H]1NC(C)=O. The molecule has 12 nitrogen and oxygen atoms in total. The number of hydrogen-bond donors (Lipinski definition) is 7. The molecule has 10 atom stereocenters. The Bertz CT molecular complexity index is 492. The van der Waals surface area contributed by atoms with Crippen LogP contribution in [0.2, 0.25) is 0 Å². The number of hydrogen-bond acceptors (Lipinski definition) is 11. The number of aliphatic hydroxyl groups is 6. The molecular weight excluding hydrogens is 370 g/mol. The van der Waals surface area contributed by atoms with Crippen molar-refractivity contribution in [2.24, 2.45) is 0 Å². The summed E-state index contributed by atoms with van der Waals surface area (Å²) in [4.78, 5) is 11.6. The zero-order chi connectivity index (χ0) is 20.3. The van der Waals surface area contributed by atoms with E-state index in [9.17, 15) is 35.4 Å². The van der Waals surface area contributed by atoms with Crippen molar-refractivity contribution < 1.29 is 54.4 Å². The number of nitrogens with one attached hydrogen (secondary N) is 1. The maximum atomic E-state index is 11.6. The third-order valence-corrected chi connectivity index (χ3v) is 4.63. The van der Waals surface area contributed by atoms with Crippen molar-refractivity contribution in [1.29, 1.82) is 0 Å². The predicted molar refractivity (Wildman–Crippen MR) is 85.0 cm³/mol. The molecule has 2 fully saturated rings. The molecule has 0 aliphatic carbocycles. The van der Waals surface area contributed by atoms with E-state index in [-0.39, 0.29) is 0 Å². The van der Waals surface area contributed by atoms with E-state index >= 15 is 0 Å². The van der Waals surface area contributed by atoms with E-state index in [1.54, 1.807) is 0 Å². The Hall–Kier alpha value is -0.930. The largest absolute Gasteiger partial charge is 0.394 e. The first kappa shape index (κ1) is 22.4. The molecule has 2 rings (SSSR count). The molecule has 0 aromatic heterocycles. The Morgan fingerprint density at radius 1 is 0.963 bits per heavy atom. The van der Waals surface area contributed by atoms with Crippen LogP contribution in [0.1, 0.15) is 6.92 Å². The van der Waals surface area contributed by atoms with Gasteiger partial charge in [-0.15, -0.1) is 0 Å². The van der Waals surface area contributed by atoms with E-state index in [1.165, 1.54) is 14.0 Å². The molecule has 158 valence electrons. The van der Waals surface area contributed by atoms with Crippen molar-refractivity contribution in [3.8, 4) is 0 Å². The summed E-state index contributed by atoms with van der Waals surface area (Å²) in [5, 5.41) is 61.2. The lowest BCUT2D eigenvalue weighted by Gasteiger charge is -2.47. The summed E-state index contributed by atoms with van der Waals surface area (Å²) in [6.07, 6.45) is -12.4. The molecule has 0 bridgehead atoms. The van der Waals surface area contributed by atoms with Gasteiger partial charge in [-0.2, -0.15) is 0 Å². The van der Waals surface area contributed by atoms with E-state index in [4.69, 9.17) is 18.9 Å². The van der Waals surface area contributed by atoms with Crippen molar-refractivity contribution in [3.63, 3.8) is 0 Å². The minimum absolute atomic E-state index is 0.483. The third-order valence-electron chi connectivity index (χ3n) is 4.63. The number of rotatable bonds is 6. The Balaban J connectivity index is 2.26. The van der Waals surface area contributed by atoms with Gasteiger partial charge >= 0.3 is 0 Å². The normalized spacial score (nSPS) is 45.5. The molecule has 0 unspecified atom stereocenters. The highest BCUT2D eigenvalue weighted by molar-refractivity contribution is 5.73. The molecule has 2 aliphatic heterocycles. The van der Waals surface area contributed by atoms with E-state index in [1.807, 2.05) is 0 Å². The lowest BCUT2D eigenvalue weighted by atomic mass is 9.95. The van der Waals surface area contributed by atoms with Crippen LogP contribution >= 0.6 is 0 Å². The Kier molecular flexibility index (Phi) is 7.88. The van der Waals surface area contributed by atoms with Gasteiger partial charge in [0.05, 0.1) is 13.2 Å². The third kappa shape index (κ3) is 4.74. The van der Waals surface area contributed by atoms with Crippen LogP contribution in [-0.4, -0.2) is 118 Å². The Morgan fingerprint density at radius 2 is 1.59 bits per heavy atom. The van der Waals surface area contributed by atoms with Crippen molar-refractivity contribution >= 4 is 5.91 Å². The first-order valence-electron chi connectivity index (χ1n) is 8.45. The summed E-state index contributed by atoms with van der Waals surface area (Å²) in [6.45, 7) is -0.00550. The molecule has 12 heteroatoms. The fourth-order valence-corrected chi connectivity index (χ4v) is 3.24. The number of ether oxygens (including phenoxy) is 4. The van der Waals surface area contributed by atoms with Crippen LogP contribution in [0.5, 0.6) is 0 Å². The van der Waals surface area contributed by atoms with Crippen LogP contribution in [0, 0.1) is 0 Å². The zero-order valence-corrected chi connectivity index (χ0v) is 14.9. The summed E-state index contributed by atoms with van der Waals surface area (Å²) in [6, 6.07) is -1.04. The van der Waals surface area contributed by atoms with Gasteiger partial charge in [-0.05, 0) is 0 Å². The number of aliphatic hydroxyl groups excluding tert-OH is 6. The number of methoxy groups -OCH3 is 1. The van der Waals surface area contributed by atoms with E-state index in [2.05, 4.69) is 5.32 Å². The monoisotopic (exact) mass is 397 g/mol. The number of amides is 1. The van der Waals surface area contributed by atoms with Gasteiger partial charge < -0.3 is 54.9 Å². The molecule has 0 saturated carbocycles. The van der Waals surface area contributed by atoms with Gasteiger partial charge in [0.2, 0.25) is 5.91 Å². The zero-order valence-electron chi connectivity index (χ0n) is 14.9. The second-order valence-corrected chi connectivity index (χ2v) is 6.47. The molecule has 1 amide bonds. The van der Waals surface area contributed by atoms with Crippen LogP contribution in [0.3, 0.4) is 0 Å². The second kappa shape index (κ2) is 9.52. The van der Waals surface area contributed by atoms with Crippen LogP contribution < -0.4 is 5.32 Å². The lowest BCUT2D eigenvalue weighted by molar-refractivity contribution is -0.342. The quantitative estimate of drug-likeness (QED) is 0.228. The van der Waals surface area contributed by atoms with Crippen molar-refractivity contribution in [1.82, 2.24) is 5.32 Å². The maximum Gasteiger partial charge on any atom is 0.217 e. The minimum atomic E-state index is -1.73. The molecule has 7 N–H and O–H groups in total. The second-order valence-electron chi connectivity index (χ2n) is 6.47. The Labute approximate surface area is 155 Å². The van der Waals surface area contributed by atoms with Crippen LogP contribution in [0.15, 0.2) is 0 Å². The van der Waals surface area contributed by atoms with Gasteiger partial charge in [0.15, 0.2) is 12.6 Å². The van der Waals surface area contributed by atoms with Crippen molar-refractivity contribution in [2.75, 3.05) is 20.3 Å². The minimum Gasteiger partial charge on any atom is -0.394 e. The summed E-state index contributed by atoms with van der Waals surface area (Å²) in [7, 11) is 1.29. The molecule has 0 aromatic rings. The highest BCUT2D eigenvalue weighted by Gasteiger charge is 2.51. The molecule has 0 radical (unpaired) electrons. The average Bonchev–Trinajstić information content (AvgIpc) is 2.63. The fourth-order valence-electron chi connectivity index (χ4n) is 3.24. The van der Waals surface area contributed by atoms with Crippen molar-refractivity contribution in [3.05, 3.63) is 0 Å². The number of carbonyl (C=O) groups is 1. The summed E-state index contributed by atoms with van der Waals surface area (Å²) in [5.41, 5.74) is 0. The summed E-state index contributed by atoms with van der Waals surface area (Å²) < 4.78 is 21.4. The average molecular weight is 397 g/mol.